The Hall–Kier alpha value is -1.13. The quantitative estimate of drug-likeness (QED) is 0.828. The zero-order chi connectivity index (χ0) is 15.0. The van der Waals surface area contributed by atoms with Crippen molar-refractivity contribution in [2.45, 2.75) is 31.8 Å². The molecule has 2 heterocycles. The van der Waals surface area contributed by atoms with Gasteiger partial charge in [0.2, 0.25) is 0 Å². The highest BCUT2D eigenvalue weighted by Gasteiger charge is 2.36. The fraction of sp³-hybridized carbons (Fsp3) is 0.647. The zero-order valence-corrected chi connectivity index (χ0v) is 13.3. The van der Waals surface area contributed by atoms with Gasteiger partial charge in [0.1, 0.15) is 5.82 Å². The molecule has 1 atom stereocenters. The van der Waals surface area contributed by atoms with Gasteiger partial charge in [-0.15, -0.1) is 0 Å². The van der Waals surface area contributed by atoms with Gasteiger partial charge >= 0.3 is 0 Å². The van der Waals surface area contributed by atoms with Crippen molar-refractivity contribution in [2.75, 3.05) is 44.7 Å². The van der Waals surface area contributed by atoms with Crippen LogP contribution < -0.4 is 4.90 Å². The summed E-state index contributed by atoms with van der Waals surface area (Å²) < 4.78 is 13.0. The number of benzene rings is 1. The first-order chi connectivity index (χ1) is 9.95. The molecule has 21 heavy (non-hydrogen) atoms. The Morgan fingerprint density at radius 1 is 1.10 bits per heavy atom. The van der Waals surface area contributed by atoms with E-state index >= 15 is 0 Å². The monoisotopic (exact) mass is 291 g/mol. The second-order valence-electron chi connectivity index (χ2n) is 7.07. The average Bonchev–Trinajstić information content (AvgIpc) is 2.92. The van der Waals surface area contributed by atoms with Crippen molar-refractivity contribution in [3.05, 3.63) is 30.1 Å². The van der Waals surface area contributed by atoms with Crippen LogP contribution in [0.1, 0.15) is 20.3 Å². The minimum Gasteiger partial charge on any atom is -0.370 e. The van der Waals surface area contributed by atoms with E-state index in [9.17, 15) is 4.39 Å². The summed E-state index contributed by atoms with van der Waals surface area (Å²) in [4.78, 5) is 7.48. The second kappa shape index (κ2) is 5.58. The van der Waals surface area contributed by atoms with Crippen LogP contribution in [0, 0.1) is 5.82 Å². The van der Waals surface area contributed by atoms with Crippen LogP contribution in [-0.2, 0) is 0 Å². The number of hydrogen-bond acceptors (Lipinski definition) is 3. The summed E-state index contributed by atoms with van der Waals surface area (Å²) in [5.74, 6) is -0.157. The Balaban J connectivity index is 1.63. The minimum absolute atomic E-state index is 0.157. The van der Waals surface area contributed by atoms with Crippen molar-refractivity contribution < 1.29 is 4.39 Å². The zero-order valence-electron chi connectivity index (χ0n) is 13.3. The lowest BCUT2D eigenvalue weighted by atomic mass is 9.98. The summed E-state index contributed by atoms with van der Waals surface area (Å²) in [7, 11) is 2.22. The van der Waals surface area contributed by atoms with Gasteiger partial charge in [-0.1, -0.05) is 0 Å². The van der Waals surface area contributed by atoms with Gasteiger partial charge in [-0.2, -0.15) is 0 Å². The van der Waals surface area contributed by atoms with Crippen LogP contribution in [0.3, 0.4) is 0 Å². The normalized spacial score (nSPS) is 27.2. The molecule has 0 aliphatic carbocycles. The Kier molecular flexibility index (Phi) is 3.93. The van der Waals surface area contributed by atoms with Gasteiger partial charge in [0.25, 0.3) is 0 Å². The van der Waals surface area contributed by atoms with E-state index in [4.69, 9.17) is 0 Å². The van der Waals surface area contributed by atoms with Gasteiger partial charge in [0, 0.05) is 50.0 Å². The van der Waals surface area contributed by atoms with Crippen LogP contribution in [0.5, 0.6) is 0 Å². The van der Waals surface area contributed by atoms with E-state index in [1.54, 1.807) is 12.1 Å². The molecule has 2 aliphatic heterocycles. The average molecular weight is 291 g/mol. The molecule has 2 fully saturated rings. The smallest absolute Gasteiger partial charge is 0.123 e. The van der Waals surface area contributed by atoms with Gasteiger partial charge in [-0.25, -0.2) is 4.39 Å². The largest absolute Gasteiger partial charge is 0.370 e. The molecule has 0 aromatic heterocycles. The highest BCUT2D eigenvalue weighted by atomic mass is 19.1. The number of anilines is 1. The van der Waals surface area contributed by atoms with Gasteiger partial charge in [0.15, 0.2) is 0 Å². The SMILES string of the molecule is CN1CCN([C@@H]2CCN(c3ccc(F)cc3)C2)CC1(C)C. The first-order valence-corrected chi connectivity index (χ1v) is 7.91. The maximum Gasteiger partial charge on any atom is 0.123 e. The number of rotatable bonds is 2. The van der Waals surface area contributed by atoms with Crippen molar-refractivity contribution in [2.24, 2.45) is 0 Å². The lowest BCUT2D eigenvalue weighted by Gasteiger charge is -2.47. The number of nitrogens with zero attached hydrogens (tertiary/aromatic N) is 3. The molecule has 1 aromatic rings. The van der Waals surface area contributed by atoms with Crippen molar-refractivity contribution in [3.8, 4) is 0 Å². The van der Waals surface area contributed by atoms with E-state index < -0.39 is 0 Å². The van der Waals surface area contributed by atoms with Crippen LogP contribution in [0.2, 0.25) is 0 Å². The summed E-state index contributed by atoms with van der Waals surface area (Å²) in [6, 6.07) is 7.53. The van der Waals surface area contributed by atoms with Gasteiger partial charge in [-0.3, -0.25) is 9.80 Å². The molecular weight excluding hydrogens is 265 g/mol. The van der Waals surface area contributed by atoms with Crippen molar-refractivity contribution in [3.63, 3.8) is 0 Å². The topological polar surface area (TPSA) is 9.72 Å². The summed E-state index contributed by atoms with van der Waals surface area (Å²) in [6.07, 6.45) is 1.21. The van der Waals surface area contributed by atoms with E-state index in [2.05, 4.69) is 35.6 Å². The second-order valence-corrected chi connectivity index (χ2v) is 7.07. The first kappa shape index (κ1) is 14.8. The number of hydrogen-bond donors (Lipinski definition) is 0. The van der Waals surface area contributed by atoms with Gasteiger partial charge in [0.05, 0.1) is 0 Å². The predicted octanol–water partition coefficient (Wildman–Crippen LogP) is 2.43. The molecule has 0 bridgehead atoms. The number of piperazine rings is 1. The molecule has 0 radical (unpaired) electrons. The van der Waals surface area contributed by atoms with Crippen molar-refractivity contribution >= 4 is 5.69 Å². The molecule has 2 aliphatic rings. The van der Waals surface area contributed by atoms with E-state index in [0.29, 0.717) is 6.04 Å². The van der Waals surface area contributed by atoms with E-state index in [0.717, 1.165) is 38.4 Å². The Labute approximate surface area is 127 Å². The maximum absolute atomic E-state index is 13.0. The molecule has 0 amide bonds. The number of likely N-dealkylation sites (N-methyl/N-ethyl adjacent to an activating group) is 1. The third-order valence-corrected chi connectivity index (χ3v) is 5.22. The first-order valence-electron chi connectivity index (χ1n) is 7.91. The molecule has 0 saturated carbocycles. The Morgan fingerprint density at radius 2 is 1.81 bits per heavy atom. The fourth-order valence-electron chi connectivity index (χ4n) is 3.52. The summed E-state index contributed by atoms with van der Waals surface area (Å²) >= 11 is 0. The molecule has 2 saturated heterocycles. The molecule has 4 heteroatoms. The molecule has 116 valence electrons. The van der Waals surface area contributed by atoms with Crippen LogP contribution >= 0.6 is 0 Å². The minimum atomic E-state index is -0.157. The van der Waals surface area contributed by atoms with Crippen LogP contribution in [0.15, 0.2) is 24.3 Å². The number of halogens is 1. The van der Waals surface area contributed by atoms with Gasteiger partial charge < -0.3 is 4.90 Å². The van der Waals surface area contributed by atoms with Crippen molar-refractivity contribution in [1.29, 1.82) is 0 Å². The third-order valence-electron chi connectivity index (χ3n) is 5.22. The molecule has 0 unspecified atom stereocenters. The summed E-state index contributed by atoms with van der Waals surface area (Å²) in [6.45, 7) is 10.2. The molecule has 3 nitrogen and oxygen atoms in total. The molecular formula is C17H26FN3. The van der Waals surface area contributed by atoms with E-state index in [-0.39, 0.29) is 11.4 Å². The highest BCUT2D eigenvalue weighted by molar-refractivity contribution is 5.47. The fourth-order valence-corrected chi connectivity index (χ4v) is 3.52. The third kappa shape index (κ3) is 3.06. The lowest BCUT2D eigenvalue weighted by molar-refractivity contribution is 0.0213. The Bertz CT molecular complexity index is 485. The van der Waals surface area contributed by atoms with E-state index in [1.165, 1.54) is 6.42 Å². The standard InChI is InChI=1S/C17H26FN3/c1-17(2)13-21(11-10-19(17)3)16-8-9-20(12-16)15-6-4-14(18)5-7-15/h4-7,16H,8-13H2,1-3H3/t16-/m1/s1. The predicted molar refractivity (Wildman–Crippen MR) is 85.3 cm³/mol. The highest BCUT2D eigenvalue weighted by Crippen LogP contribution is 2.27. The van der Waals surface area contributed by atoms with Crippen molar-refractivity contribution in [1.82, 2.24) is 9.80 Å². The van der Waals surface area contributed by atoms with Crippen LogP contribution in [0.4, 0.5) is 10.1 Å². The maximum atomic E-state index is 13.0. The Morgan fingerprint density at radius 3 is 2.48 bits per heavy atom. The molecule has 1 aromatic carbocycles. The molecule has 0 spiro atoms. The van der Waals surface area contributed by atoms with Crippen LogP contribution in [0.25, 0.3) is 0 Å². The molecule has 0 N–H and O–H groups in total. The van der Waals surface area contributed by atoms with Crippen LogP contribution in [-0.4, -0.2) is 61.2 Å². The lowest BCUT2D eigenvalue weighted by Crippen LogP contribution is -2.60. The van der Waals surface area contributed by atoms with E-state index in [1.807, 2.05) is 12.1 Å². The summed E-state index contributed by atoms with van der Waals surface area (Å²) in [5.41, 5.74) is 1.40. The summed E-state index contributed by atoms with van der Waals surface area (Å²) in [5, 5.41) is 0. The molecule has 3 rings (SSSR count). The van der Waals surface area contributed by atoms with Gasteiger partial charge in [-0.05, 0) is 51.6 Å².